The van der Waals surface area contributed by atoms with Crippen LogP contribution in [0.3, 0.4) is 0 Å². The number of carboxylic acid groups (broad SMARTS) is 2. The van der Waals surface area contributed by atoms with Gasteiger partial charge in [0.1, 0.15) is 11.4 Å². The van der Waals surface area contributed by atoms with Crippen molar-refractivity contribution in [2.45, 2.75) is 0 Å². The Labute approximate surface area is 105 Å². The highest BCUT2D eigenvalue weighted by Gasteiger charge is 2.19. The molecule has 0 saturated carbocycles. The Hall–Kier alpha value is -3.03. The molecule has 8 heteroatoms. The minimum atomic E-state index is -1.74. The molecule has 0 bridgehead atoms. The van der Waals surface area contributed by atoms with Crippen LogP contribution in [0.2, 0.25) is 0 Å². The minimum Gasteiger partial charge on any atom is -0.478 e. The van der Waals surface area contributed by atoms with Crippen LogP contribution in [0.15, 0.2) is 24.4 Å². The van der Waals surface area contributed by atoms with E-state index in [-0.39, 0.29) is 17.0 Å². The van der Waals surface area contributed by atoms with E-state index < -0.39 is 17.8 Å². The zero-order chi connectivity index (χ0) is 14.0. The third-order valence-corrected chi connectivity index (χ3v) is 2.25. The number of anilines is 1. The van der Waals surface area contributed by atoms with Crippen LogP contribution in [-0.4, -0.2) is 38.0 Å². The van der Waals surface area contributed by atoms with Gasteiger partial charge in [0.15, 0.2) is 5.65 Å². The van der Waals surface area contributed by atoms with E-state index >= 15 is 0 Å². The van der Waals surface area contributed by atoms with E-state index in [1.807, 2.05) is 5.32 Å². The Bertz CT molecular complexity index is 698. The summed E-state index contributed by atoms with van der Waals surface area (Å²) >= 11 is 0. The molecule has 1 amide bonds. The largest absolute Gasteiger partial charge is 0.478 e. The topological polar surface area (TPSA) is 129 Å². The van der Waals surface area contributed by atoms with E-state index in [2.05, 4.69) is 9.97 Å². The van der Waals surface area contributed by atoms with Gasteiger partial charge in [-0.15, -0.1) is 0 Å². The van der Waals surface area contributed by atoms with Gasteiger partial charge in [0.25, 0.3) is 0 Å². The molecule has 8 nitrogen and oxygen atoms in total. The number of hydrogen-bond donors (Lipinski definition) is 3. The second-order valence-corrected chi connectivity index (χ2v) is 3.50. The molecule has 0 spiro atoms. The Kier molecular flexibility index (Phi) is 3.06. The van der Waals surface area contributed by atoms with Crippen molar-refractivity contribution >= 4 is 34.7 Å². The molecule has 2 aromatic rings. The van der Waals surface area contributed by atoms with Gasteiger partial charge < -0.3 is 10.2 Å². The molecule has 2 heterocycles. The van der Waals surface area contributed by atoms with Crippen molar-refractivity contribution in [3.05, 3.63) is 30.0 Å². The monoisotopic (exact) mass is 261 g/mol. The van der Waals surface area contributed by atoms with E-state index in [0.29, 0.717) is 5.39 Å². The first kappa shape index (κ1) is 12.4. The minimum absolute atomic E-state index is 0.202. The maximum atomic E-state index is 11.1. The van der Waals surface area contributed by atoms with Gasteiger partial charge in [-0.3, -0.25) is 10.1 Å². The highest BCUT2D eigenvalue weighted by atomic mass is 16.4. The maximum Gasteiger partial charge on any atom is 0.394 e. The summed E-state index contributed by atoms with van der Waals surface area (Å²) in [5.41, 5.74) is -0.108. The normalized spacial score (nSPS) is 10.1. The van der Waals surface area contributed by atoms with Crippen molar-refractivity contribution in [2.24, 2.45) is 0 Å². The maximum absolute atomic E-state index is 11.1. The van der Waals surface area contributed by atoms with E-state index in [1.54, 1.807) is 12.1 Å². The summed E-state index contributed by atoms with van der Waals surface area (Å²) in [5, 5.41) is 19.9. The lowest BCUT2D eigenvalue weighted by Crippen LogP contribution is -2.24. The fraction of sp³-hybridized carbons (Fsp3) is 0. The number of fused-ring (bicyclic) bond motifs is 1. The van der Waals surface area contributed by atoms with E-state index in [4.69, 9.17) is 10.2 Å². The molecule has 2 rings (SSSR count). The number of rotatable bonds is 2. The summed E-state index contributed by atoms with van der Waals surface area (Å²) in [6, 6.07) is 4.46. The van der Waals surface area contributed by atoms with Crippen molar-refractivity contribution in [2.75, 3.05) is 5.32 Å². The Morgan fingerprint density at radius 3 is 2.58 bits per heavy atom. The zero-order valence-electron chi connectivity index (χ0n) is 9.32. The SMILES string of the molecule is O=C(O)C(=O)Nc1nc2ncccc2cc1C(=O)O. The number of carbonyl (C=O) groups excluding carboxylic acids is 1. The third-order valence-electron chi connectivity index (χ3n) is 2.25. The molecule has 0 unspecified atom stereocenters. The molecule has 19 heavy (non-hydrogen) atoms. The van der Waals surface area contributed by atoms with Gasteiger partial charge in [0.2, 0.25) is 0 Å². The summed E-state index contributed by atoms with van der Waals surface area (Å²) in [6.45, 7) is 0. The summed E-state index contributed by atoms with van der Waals surface area (Å²) in [4.78, 5) is 40.3. The Morgan fingerprint density at radius 1 is 1.21 bits per heavy atom. The van der Waals surface area contributed by atoms with Crippen LogP contribution in [0.1, 0.15) is 10.4 Å². The molecule has 0 atom stereocenters. The molecular weight excluding hydrogens is 254 g/mol. The average Bonchev–Trinajstić information content (AvgIpc) is 2.37. The highest BCUT2D eigenvalue weighted by molar-refractivity contribution is 6.36. The van der Waals surface area contributed by atoms with Gasteiger partial charge in [-0.2, -0.15) is 0 Å². The van der Waals surface area contributed by atoms with Crippen molar-refractivity contribution in [1.29, 1.82) is 0 Å². The van der Waals surface area contributed by atoms with Crippen LogP contribution in [-0.2, 0) is 9.59 Å². The molecule has 0 aliphatic rings. The van der Waals surface area contributed by atoms with Gasteiger partial charge in [0, 0.05) is 11.6 Å². The zero-order valence-corrected chi connectivity index (χ0v) is 9.32. The molecule has 2 aromatic heterocycles. The van der Waals surface area contributed by atoms with Crippen molar-refractivity contribution in [1.82, 2.24) is 9.97 Å². The van der Waals surface area contributed by atoms with Crippen molar-refractivity contribution in [3.63, 3.8) is 0 Å². The number of carbonyl (C=O) groups is 3. The first-order valence-electron chi connectivity index (χ1n) is 5.02. The predicted molar refractivity (Wildman–Crippen MR) is 62.8 cm³/mol. The quantitative estimate of drug-likeness (QED) is 0.665. The molecule has 3 N–H and O–H groups in total. The summed E-state index contributed by atoms with van der Waals surface area (Å²) in [6.07, 6.45) is 1.44. The lowest BCUT2D eigenvalue weighted by atomic mass is 10.2. The van der Waals surface area contributed by atoms with Gasteiger partial charge in [-0.05, 0) is 18.2 Å². The Balaban J connectivity index is 2.56. The van der Waals surface area contributed by atoms with Crippen LogP contribution in [0.5, 0.6) is 0 Å². The number of aromatic carboxylic acids is 1. The first-order chi connectivity index (χ1) is 8.99. The van der Waals surface area contributed by atoms with Crippen LogP contribution in [0.4, 0.5) is 5.82 Å². The predicted octanol–water partition coefficient (Wildman–Crippen LogP) is 0.351. The first-order valence-corrected chi connectivity index (χ1v) is 5.02. The van der Waals surface area contributed by atoms with Gasteiger partial charge >= 0.3 is 17.8 Å². The van der Waals surface area contributed by atoms with Gasteiger partial charge in [-0.25, -0.2) is 19.6 Å². The van der Waals surface area contributed by atoms with Crippen LogP contribution in [0, 0.1) is 0 Å². The summed E-state index contributed by atoms with van der Waals surface area (Å²) in [5.74, 6) is -4.80. The third kappa shape index (κ3) is 2.46. The number of nitrogens with one attached hydrogen (secondary N) is 1. The fourth-order valence-electron chi connectivity index (χ4n) is 1.42. The van der Waals surface area contributed by atoms with Gasteiger partial charge in [-0.1, -0.05) is 0 Å². The van der Waals surface area contributed by atoms with Crippen LogP contribution >= 0.6 is 0 Å². The van der Waals surface area contributed by atoms with Crippen molar-refractivity contribution < 1.29 is 24.6 Å². The summed E-state index contributed by atoms with van der Waals surface area (Å²) in [7, 11) is 0. The molecule has 0 aliphatic carbocycles. The molecule has 0 fully saturated rings. The number of carboxylic acids is 2. The van der Waals surface area contributed by atoms with Crippen LogP contribution < -0.4 is 5.32 Å². The van der Waals surface area contributed by atoms with Crippen molar-refractivity contribution in [3.8, 4) is 0 Å². The number of nitrogens with zero attached hydrogens (tertiary/aromatic N) is 2. The van der Waals surface area contributed by atoms with E-state index in [0.717, 1.165) is 0 Å². The molecular formula is C11H7N3O5. The smallest absolute Gasteiger partial charge is 0.394 e. The standard InChI is InChI=1S/C11H7N3O5/c15-9(11(18)19)14-8-6(10(16)17)4-5-2-1-3-12-7(5)13-8/h1-4H,(H,16,17)(H,18,19)(H,12,13,14,15). The lowest BCUT2D eigenvalue weighted by Gasteiger charge is -2.06. The molecule has 0 aromatic carbocycles. The van der Waals surface area contributed by atoms with Gasteiger partial charge in [0.05, 0.1) is 0 Å². The summed E-state index contributed by atoms with van der Waals surface area (Å²) < 4.78 is 0. The lowest BCUT2D eigenvalue weighted by molar-refractivity contribution is -0.147. The van der Waals surface area contributed by atoms with E-state index in [9.17, 15) is 14.4 Å². The average molecular weight is 261 g/mol. The number of pyridine rings is 2. The van der Waals surface area contributed by atoms with E-state index in [1.165, 1.54) is 12.3 Å². The number of amides is 1. The molecule has 0 aliphatic heterocycles. The second kappa shape index (κ2) is 4.69. The second-order valence-electron chi connectivity index (χ2n) is 3.50. The Morgan fingerprint density at radius 2 is 1.95 bits per heavy atom. The molecule has 0 radical (unpaired) electrons. The molecule has 0 saturated heterocycles. The van der Waals surface area contributed by atoms with Crippen LogP contribution in [0.25, 0.3) is 11.0 Å². The highest BCUT2D eigenvalue weighted by Crippen LogP contribution is 2.19. The number of aliphatic carboxylic acids is 1. The number of aromatic nitrogens is 2. The fourth-order valence-corrected chi connectivity index (χ4v) is 1.42. The number of hydrogen-bond acceptors (Lipinski definition) is 5. The molecule has 96 valence electrons.